The molecule has 0 atom stereocenters. The maximum atomic E-state index is 11.7. The van der Waals surface area contributed by atoms with Gasteiger partial charge in [-0.15, -0.1) is 6.58 Å². The smallest absolute Gasteiger partial charge is 0.339 e. The van der Waals surface area contributed by atoms with Gasteiger partial charge < -0.3 is 9.84 Å². The third-order valence-electron chi connectivity index (χ3n) is 2.36. The Bertz CT molecular complexity index is 489. The second-order valence-electron chi connectivity index (χ2n) is 3.77. The molecular formula is C15H16O4. The van der Waals surface area contributed by atoms with E-state index >= 15 is 0 Å². The van der Waals surface area contributed by atoms with Crippen molar-refractivity contribution in [3.63, 3.8) is 0 Å². The molecule has 0 aromatic heterocycles. The van der Waals surface area contributed by atoms with E-state index in [0.717, 1.165) is 6.42 Å². The van der Waals surface area contributed by atoms with Crippen LogP contribution in [0.3, 0.4) is 0 Å². The molecule has 0 saturated heterocycles. The molecular weight excluding hydrogens is 244 g/mol. The molecule has 0 aliphatic heterocycles. The van der Waals surface area contributed by atoms with Gasteiger partial charge in [0, 0.05) is 0 Å². The highest BCUT2D eigenvalue weighted by Gasteiger charge is 2.16. The predicted molar refractivity (Wildman–Crippen MR) is 72.3 cm³/mol. The van der Waals surface area contributed by atoms with Gasteiger partial charge in [-0.05, 0) is 25.0 Å². The molecule has 0 aliphatic carbocycles. The van der Waals surface area contributed by atoms with Crippen LogP contribution in [0.25, 0.3) is 0 Å². The molecule has 0 unspecified atom stereocenters. The van der Waals surface area contributed by atoms with Crippen LogP contribution in [0.1, 0.15) is 33.6 Å². The standard InChI is InChI=1S/C15H16O4/c1-2-3-4-5-8-11-19-15(18)13-10-7-6-9-12(13)14(16)17/h2,4-7,9-10H,1,3,8,11H2,(H,16,17). The monoisotopic (exact) mass is 260 g/mol. The summed E-state index contributed by atoms with van der Waals surface area (Å²) >= 11 is 0. The van der Waals surface area contributed by atoms with Crippen LogP contribution in [0.4, 0.5) is 0 Å². The zero-order valence-corrected chi connectivity index (χ0v) is 10.5. The molecule has 100 valence electrons. The molecule has 0 spiro atoms. The van der Waals surface area contributed by atoms with Crippen LogP contribution in [-0.4, -0.2) is 23.7 Å². The summed E-state index contributed by atoms with van der Waals surface area (Å²) in [6, 6.07) is 5.99. The number of esters is 1. The van der Waals surface area contributed by atoms with Gasteiger partial charge in [0.2, 0.25) is 0 Å². The van der Waals surface area contributed by atoms with Crippen molar-refractivity contribution >= 4 is 11.9 Å². The lowest BCUT2D eigenvalue weighted by Crippen LogP contribution is -2.11. The van der Waals surface area contributed by atoms with Crippen molar-refractivity contribution in [1.29, 1.82) is 0 Å². The van der Waals surface area contributed by atoms with Crippen LogP contribution >= 0.6 is 0 Å². The molecule has 0 saturated carbocycles. The van der Waals surface area contributed by atoms with E-state index in [-0.39, 0.29) is 17.7 Å². The Balaban J connectivity index is 2.54. The van der Waals surface area contributed by atoms with E-state index in [0.29, 0.717) is 6.42 Å². The van der Waals surface area contributed by atoms with E-state index in [1.165, 1.54) is 12.1 Å². The SMILES string of the molecule is C=CCC=CCCOC(=O)c1ccccc1C(=O)O. The number of hydrogen-bond donors (Lipinski definition) is 1. The molecule has 4 heteroatoms. The first-order chi connectivity index (χ1) is 9.16. The minimum atomic E-state index is -1.14. The summed E-state index contributed by atoms with van der Waals surface area (Å²) in [5, 5.41) is 8.95. The third-order valence-corrected chi connectivity index (χ3v) is 2.36. The summed E-state index contributed by atoms with van der Waals surface area (Å²) in [7, 11) is 0. The number of aromatic carboxylic acids is 1. The number of carboxylic acids is 1. The predicted octanol–water partition coefficient (Wildman–Crippen LogP) is 3.06. The van der Waals surface area contributed by atoms with E-state index < -0.39 is 11.9 Å². The summed E-state index contributed by atoms with van der Waals surface area (Å²) in [5.41, 5.74) is 0.0276. The summed E-state index contributed by atoms with van der Waals surface area (Å²) in [6.07, 6.45) is 6.94. The average Bonchev–Trinajstić information content (AvgIpc) is 2.42. The zero-order chi connectivity index (χ0) is 14.1. The lowest BCUT2D eigenvalue weighted by atomic mass is 10.1. The molecule has 0 fully saturated rings. The Morgan fingerprint density at radius 1 is 1.21 bits per heavy atom. The largest absolute Gasteiger partial charge is 0.478 e. The molecule has 0 aliphatic rings. The number of benzene rings is 1. The molecule has 1 rings (SSSR count). The first-order valence-electron chi connectivity index (χ1n) is 5.92. The van der Waals surface area contributed by atoms with Crippen LogP contribution < -0.4 is 0 Å². The Kier molecular flexibility index (Phi) is 6.09. The third kappa shape index (κ3) is 4.79. The van der Waals surface area contributed by atoms with Crippen LogP contribution in [0.2, 0.25) is 0 Å². The Morgan fingerprint density at radius 2 is 1.89 bits per heavy atom. The zero-order valence-electron chi connectivity index (χ0n) is 10.5. The molecule has 0 radical (unpaired) electrons. The van der Waals surface area contributed by atoms with Gasteiger partial charge in [0.25, 0.3) is 0 Å². The van der Waals surface area contributed by atoms with Crippen LogP contribution in [0.15, 0.2) is 49.1 Å². The van der Waals surface area contributed by atoms with Gasteiger partial charge in [-0.3, -0.25) is 0 Å². The highest BCUT2D eigenvalue weighted by molar-refractivity contribution is 6.02. The van der Waals surface area contributed by atoms with Crippen molar-refractivity contribution in [3.05, 3.63) is 60.2 Å². The lowest BCUT2D eigenvalue weighted by Gasteiger charge is -2.05. The minimum absolute atomic E-state index is 0.0466. The van der Waals surface area contributed by atoms with Crippen molar-refractivity contribution in [2.75, 3.05) is 6.61 Å². The van der Waals surface area contributed by atoms with E-state index in [9.17, 15) is 9.59 Å². The van der Waals surface area contributed by atoms with Gasteiger partial charge in [-0.1, -0.05) is 30.4 Å². The highest BCUT2D eigenvalue weighted by atomic mass is 16.5. The maximum absolute atomic E-state index is 11.7. The molecule has 0 amide bonds. The number of hydrogen-bond acceptors (Lipinski definition) is 3. The molecule has 0 bridgehead atoms. The van der Waals surface area contributed by atoms with E-state index in [4.69, 9.17) is 9.84 Å². The van der Waals surface area contributed by atoms with Crippen molar-refractivity contribution in [2.45, 2.75) is 12.8 Å². The van der Waals surface area contributed by atoms with Crippen molar-refractivity contribution in [3.8, 4) is 0 Å². The fraction of sp³-hybridized carbons (Fsp3) is 0.200. The van der Waals surface area contributed by atoms with Crippen molar-refractivity contribution < 1.29 is 19.4 Å². The minimum Gasteiger partial charge on any atom is -0.478 e. The van der Waals surface area contributed by atoms with Crippen molar-refractivity contribution in [1.82, 2.24) is 0 Å². The van der Waals surface area contributed by atoms with E-state index in [1.807, 2.05) is 12.2 Å². The summed E-state index contributed by atoms with van der Waals surface area (Å²) < 4.78 is 5.02. The average molecular weight is 260 g/mol. The van der Waals surface area contributed by atoms with Crippen molar-refractivity contribution in [2.24, 2.45) is 0 Å². The first kappa shape index (κ1) is 14.7. The molecule has 1 aromatic rings. The van der Waals surface area contributed by atoms with Gasteiger partial charge in [0.05, 0.1) is 17.7 Å². The Hall–Kier alpha value is -2.36. The summed E-state index contributed by atoms with van der Waals surface area (Å²) in [6.45, 7) is 3.80. The van der Waals surface area contributed by atoms with Gasteiger partial charge in [-0.2, -0.15) is 0 Å². The number of rotatable bonds is 7. The quantitative estimate of drug-likeness (QED) is 0.465. The normalized spacial score (nSPS) is 10.3. The van der Waals surface area contributed by atoms with Crippen LogP contribution in [0, 0.1) is 0 Å². The number of allylic oxidation sites excluding steroid dienone is 2. The van der Waals surface area contributed by atoms with Gasteiger partial charge in [0.15, 0.2) is 0 Å². The number of ether oxygens (including phenoxy) is 1. The van der Waals surface area contributed by atoms with Crippen LogP contribution in [-0.2, 0) is 4.74 Å². The lowest BCUT2D eigenvalue weighted by molar-refractivity contribution is 0.0500. The summed E-state index contributed by atoms with van der Waals surface area (Å²) in [5.74, 6) is -1.76. The topological polar surface area (TPSA) is 63.6 Å². The highest BCUT2D eigenvalue weighted by Crippen LogP contribution is 2.10. The first-order valence-corrected chi connectivity index (χ1v) is 5.92. The molecule has 0 heterocycles. The Labute approximate surface area is 112 Å². The maximum Gasteiger partial charge on any atom is 0.339 e. The molecule has 1 aromatic carbocycles. The summed E-state index contributed by atoms with van der Waals surface area (Å²) in [4.78, 5) is 22.7. The van der Waals surface area contributed by atoms with E-state index in [2.05, 4.69) is 6.58 Å². The van der Waals surface area contributed by atoms with Gasteiger partial charge in [-0.25, -0.2) is 9.59 Å². The van der Waals surface area contributed by atoms with Gasteiger partial charge >= 0.3 is 11.9 Å². The molecule has 1 N–H and O–H groups in total. The van der Waals surface area contributed by atoms with E-state index in [1.54, 1.807) is 18.2 Å². The number of carboxylic acid groups (broad SMARTS) is 1. The fourth-order valence-electron chi connectivity index (χ4n) is 1.46. The number of carbonyl (C=O) groups excluding carboxylic acids is 1. The molecule has 4 nitrogen and oxygen atoms in total. The number of carbonyl (C=O) groups is 2. The van der Waals surface area contributed by atoms with Gasteiger partial charge in [0.1, 0.15) is 0 Å². The fourth-order valence-corrected chi connectivity index (χ4v) is 1.46. The second-order valence-corrected chi connectivity index (χ2v) is 3.77. The second kappa shape index (κ2) is 7.87. The molecule has 19 heavy (non-hydrogen) atoms. The van der Waals surface area contributed by atoms with Crippen LogP contribution in [0.5, 0.6) is 0 Å². The Morgan fingerprint density at radius 3 is 2.53 bits per heavy atom.